The van der Waals surface area contributed by atoms with Crippen molar-refractivity contribution in [3.63, 3.8) is 0 Å². The van der Waals surface area contributed by atoms with Crippen LogP contribution in [0.3, 0.4) is 0 Å². The molecule has 0 saturated carbocycles. The van der Waals surface area contributed by atoms with E-state index in [0.717, 1.165) is 21.3 Å². The largest absolute Gasteiger partial charge is 0.233 e. The van der Waals surface area contributed by atoms with Gasteiger partial charge in [0.05, 0.1) is 6.20 Å². The molecule has 92 valence electrons. The quantitative estimate of drug-likeness (QED) is 0.719. The molecule has 0 fully saturated rings. The maximum Gasteiger partial charge on any atom is 0.181 e. The second-order valence-electron chi connectivity index (χ2n) is 4.04. The van der Waals surface area contributed by atoms with Gasteiger partial charge >= 0.3 is 0 Å². The molecule has 0 aliphatic carbocycles. The molecule has 0 aliphatic heterocycles. The Kier molecular flexibility index (Phi) is 3.33. The van der Waals surface area contributed by atoms with Gasteiger partial charge in [-0.15, -0.1) is 10.2 Å². The van der Waals surface area contributed by atoms with Crippen molar-refractivity contribution in [1.29, 1.82) is 0 Å². The molecule has 3 rings (SSSR count). The lowest BCUT2D eigenvalue weighted by Gasteiger charge is -2.01. The van der Waals surface area contributed by atoms with Crippen LogP contribution in [-0.2, 0) is 0 Å². The van der Waals surface area contributed by atoms with Crippen molar-refractivity contribution in [3.8, 4) is 22.6 Å². The molecule has 0 spiro atoms. The van der Waals surface area contributed by atoms with Gasteiger partial charge in [-0.2, -0.15) is 0 Å². The Morgan fingerprint density at radius 3 is 2.11 bits per heavy atom. The maximum absolute atomic E-state index is 4.37. The number of benzene rings is 2. The summed E-state index contributed by atoms with van der Waals surface area (Å²) in [7, 11) is 0. The summed E-state index contributed by atoms with van der Waals surface area (Å²) in [6.45, 7) is 0. The molecule has 0 amide bonds. The van der Waals surface area contributed by atoms with Crippen LogP contribution in [0.1, 0.15) is 0 Å². The lowest BCUT2D eigenvalue weighted by Crippen LogP contribution is -1.94. The fourth-order valence-electron chi connectivity index (χ4n) is 1.75. The number of rotatable bonds is 2. The average Bonchev–Trinajstić information content (AvgIpc) is 2.49. The minimum absolute atomic E-state index is 0.632. The highest BCUT2D eigenvalue weighted by atomic mass is 79.9. The summed E-state index contributed by atoms with van der Waals surface area (Å²) < 4.78 is 1.03. The summed E-state index contributed by atoms with van der Waals surface area (Å²) in [6.07, 6.45) is 1.75. The fourth-order valence-corrected chi connectivity index (χ4v) is 2.01. The second-order valence-corrected chi connectivity index (χ2v) is 4.96. The van der Waals surface area contributed by atoms with E-state index in [9.17, 15) is 0 Å². The van der Waals surface area contributed by atoms with Crippen molar-refractivity contribution in [2.45, 2.75) is 0 Å². The number of aromatic nitrogens is 3. The van der Waals surface area contributed by atoms with E-state index in [1.807, 2.05) is 54.6 Å². The molecule has 1 heterocycles. The molecule has 3 nitrogen and oxygen atoms in total. The Balaban J connectivity index is 1.93. The zero-order chi connectivity index (χ0) is 13.1. The van der Waals surface area contributed by atoms with Crippen molar-refractivity contribution in [1.82, 2.24) is 15.2 Å². The van der Waals surface area contributed by atoms with Gasteiger partial charge in [-0.05, 0) is 12.1 Å². The van der Waals surface area contributed by atoms with Crippen LogP contribution in [0.2, 0.25) is 0 Å². The molecule has 0 saturated heterocycles. The number of halogens is 1. The average molecular weight is 312 g/mol. The summed E-state index contributed by atoms with van der Waals surface area (Å²) in [5.41, 5.74) is 2.75. The van der Waals surface area contributed by atoms with Crippen LogP contribution in [0.5, 0.6) is 0 Å². The molecular weight excluding hydrogens is 302 g/mol. The smallest absolute Gasteiger partial charge is 0.181 e. The van der Waals surface area contributed by atoms with Gasteiger partial charge in [-0.1, -0.05) is 58.4 Å². The Labute approximate surface area is 119 Å². The van der Waals surface area contributed by atoms with Crippen LogP contribution in [-0.4, -0.2) is 15.2 Å². The summed E-state index contributed by atoms with van der Waals surface area (Å²) in [4.78, 5) is 4.37. The maximum atomic E-state index is 4.37. The molecule has 0 unspecified atom stereocenters. The molecular formula is C15H10BrN3. The number of hydrogen-bond donors (Lipinski definition) is 0. The first-order valence-electron chi connectivity index (χ1n) is 5.84. The van der Waals surface area contributed by atoms with Crippen molar-refractivity contribution in [2.75, 3.05) is 0 Å². The SMILES string of the molecule is Brc1ccc(-c2ncc(-c3ccccc3)nn2)cc1. The van der Waals surface area contributed by atoms with Crippen LogP contribution in [0.25, 0.3) is 22.6 Å². The van der Waals surface area contributed by atoms with E-state index >= 15 is 0 Å². The summed E-state index contributed by atoms with van der Waals surface area (Å²) in [5, 5.41) is 8.40. The number of hydrogen-bond acceptors (Lipinski definition) is 3. The highest BCUT2D eigenvalue weighted by Gasteiger charge is 2.04. The van der Waals surface area contributed by atoms with E-state index in [1.54, 1.807) is 6.20 Å². The van der Waals surface area contributed by atoms with E-state index in [-0.39, 0.29) is 0 Å². The van der Waals surface area contributed by atoms with Gasteiger partial charge in [0.2, 0.25) is 0 Å². The van der Waals surface area contributed by atoms with E-state index in [0.29, 0.717) is 5.82 Å². The van der Waals surface area contributed by atoms with E-state index in [2.05, 4.69) is 31.1 Å². The van der Waals surface area contributed by atoms with Gasteiger partial charge in [0.1, 0.15) is 5.69 Å². The first kappa shape index (κ1) is 12.0. The van der Waals surface area contributed by atoms with Crippen molar-refractivity contribution in [3.05, 3.63) is 65.3 Å². The van der Waals surface area contributed by atoms with Gasteiger partial charge < -0.3 is 0 Å². The molecule has 1 aromatic heterocycles. The van der Waals surface area contributed by atoms with Crippen LogP contribution < -0.4 is 0 Å². The Morgan fingerprint density at radius 2 is 1.47 bits per heavy atom. The van der Waals surface area contributed by atoms with Gasteiger partial charge in [0.25, 0.3) is 0 Å². The predicted octanol–water partition coefficient (Wildman–Crippen LogP) is 3.97. The zero-order valence-corrected chi connectivity index (χ0v) is 11.6. The molecule has 3 aromatic rings. The first-order chi connectivity index (χ1) is 9.33. The summed E-state index contributed by atoms with van der Waals surface area (Å²) >= 11 is 3.40. The molecule has 0 aliphatic rings. The third-order valence-corrected chi connectivity index (χ3v) is 3.26. The lowest BCUT2D eigenvalue weighted by molar-refractivity contribution is 0.987. The molecule has 0 radical (unpaired) electrons. The van der Waals surface area contributed by atoms with Crippen molar-refractivity contribution in [2.24, 2.45) is 0 Å². The monoisotopic (exact) mass is 311 g/mol. The van der Waals surface area contributed by atoms with Gasteiger partial charge in [0.15, 0.2) is 5.82 Å². The van der Waals surface area contributed by atoms with Gasteiger partial charge in [-0.3, -0.25) is 0 Å². The fraction of sp³-hybridized carbons (Fsp3) is 0. The van der Waals surface area contributed by atoms with E-state index < -0.39 is 0 Å². The van der Waals surface area contributed by atoms with Crippen LogP contribution >= 0.6 is 15.9 Å². The Morgan fingerprint density at radius 1 is 0.737 bits per heavy atom. The minimum Gasteiger partial charge on any atom is -0.233 e. The third kappa shape index (κ3) is 2.69. The molecule has 2 aromatic carbocycles. The highest BCUT2D eigenvalue weighted by Crippen LogP contribution is 2.19. The normalized spacial score (nSPS) is 10.4. The van der Waals surface area contributed by atoms with Gasteiger partial charge in [0, 0.05) is 15.6 Å². The molecule has 19 heavy (non-hydrogen) atoms. The van der Waals surface area contributed by atoms with E-state index in [1.165, 1.54) is 0 Å². The number of nitrogens with zero attached hydrogens (tertiary/aromatic N) is 3. The lowest BCUT2D eigenvalue weighted by atomic mass is 10.2. The highest BCUT2D eigenvalue weighted by molar-refractivity contribution is 9.10. The summed E-state index contributed by atoms with van der Waals surface area (Å²) in [6, 6.07) is 17.7. The Hall–Kier alpha value is -2.07. The van der Waals surface area contributed by atoms with E-state index in [4.69, 9.17) is 0 Å². The molecule has 4 heteroatoms. The third-order valence-electron chi connectivity index (χ3n) is 2.73. The van der Waals surface area contributed by atoms with Crippen molar-refractivity contribution >= 4 is 15.9 Å². The second kappa shape index (κ2) is 5.28. The minimum atomic E-state index is 0.632. The zero-order valence-electron chi connectivity index (χ0n) is 9.99. The molecule has 0 N–H and O–H groups in total. The molecule has 0 bridgehead atoms. The van der Waals surface area contributed by atoms with Crippen LogP contribution in [0.15, 0.2) is 65.3 Å². The topological polar surface area (TPSA) is 38.7 Å². The first-order valence-corrected chi connectivity index (χ1v) is 6.63. The molecule has 0 atom stereocenters. The predicted molar refractivity (Wildman–Crippen MR) is 78.4 cm³/mol. The summed E-state index contributed by atoms with van der Waals surface area (Å²) in [5.74, 6) is 0.632. The van der Waals surface area contributed by atoms with Gasteiger partial charge in [-0.25, -0.2) is 4.98 Å². The van der Waals surface area contributed by atoms with Crippen LogP contribution in [0.4, 0.5) is 0 Å². The standard InChI is InChI=1S/C15H10BrN3/c16-13-8-6-12(7-9-13)15-17-10-14(18-19-15)11-4-2-1-3-5-11/h1-10H. The Bertz CT molecular complexity index is 664. The van der Waals surface area contributed by atoms with Crippen molar-refractivity contribution < 1.29 is 0 Å². The van der Waals surface area contributed by atoms with Crippen LogP contribution in [0, 0.1) is 0 Å².